The maximum Gasteiger partial charge on any atom is 0.251 e. The molecule has 1 aliphatic heterocycles. The number of halogens is 2. The van der Waals surface area contributed by atoms with Crippen LogP contribution >= 0.6 is 11.6 Å². The van der Waals surface area contributed by atoms with Gasteiger partial charge in [-0.15, -0.1) is 0 Å². The lowest BCUT2D eigenvalue weighted by Gasteiger charge is -2.19. The molecule has 0 saturated heterocycles. The quantitative estimate of drug-likeness (QED) is 0.896. The molecule has 5 heteroatoms. The third-order valence-corrected chi connectivity index (χ3v) is 3.87. The van der Waals surface area contributed by atoms with Gasteiger partial charge in [0.2, 0.25) is 0 Å². The highest BCUT2D eigenvalue weighted by Crippen LogP contribution is 2.28. The lowest BCUT2D eigenvalue weighted by molar-refractivity contribution is 0.0945. The molecular weight excluding hydrogens is 293 g/mol. The summed E-state index contributed by atoms with van der Waals surface area (Å²) in [4.78, 5) is 11.8. The zero-order valence-corrected chi connectivity index (χ0v) is 11.8. The van der Waals surface area contributed by atoms with Gasteiger partial charge in [-0.1, -0.05) is 29.8 Å². The molecule has 2 aromatic rings. The van der Waals surface area contributed by atoms with Crippen LogP contribution in [-0.4, -0.2) is 17.6 Å². The second-order valence-electron chi connectivity index (χ2n) is 4.99. The average molecular weight is 306 g/mol. The van der Waals surface area contributed by atoms with Crippen molar-refractivity contribution in [2.24, 2.45) is 0 Å². The Balaban J connectivity index is 2.00. The molecule has 1 aliphatic rings. The predicted molar refractivity (Wildman–Crippen MR) is 78.0 cm³/mol. The van der Waals surface area contributed by atoms with Crippen LogP contribution in [-0.2, 0) is 6.42 Å². The summed E-state index contributed by atoms with van der Waals surface area (Å²) < 4.78 is 13.9. The van der Waals surface area contributed by atoms with Crippen LogP contribution in [0.25, 0.3) is 0 Å². The van der Waals surface area contributed by atoms with E-state index in [9.17, 15) is 14.3 Å². The molecule has 0 bridgehead atoms. The molecule has 0 fully saturated rings. The fourth-order valence-electron chi connectivity index (χ4n) is 2.50. The van der Waals surface area contributed by atoms with Crippen molar-refractivity contribution in [3.8, 4) is 0 Å². The summed E-state index contributed by atoms with van der Waals surface area (Å²) in [6.07, 6.45) is -0.380. The van der Waals surface area contributed by atoms with E-state index in [-0.39, 0.29) is 16.5 Å². The topological polar surface area (TPSA) is 49.3 Å². The van der Waals surface area contributed by atoms with Crippen molar-refractivity contribution in [1.82, 2.24) is 5.32 Å². The number of nitrogens with one attached hydrogen (secondary N) is 1. The number of hydrogen-bond donors (Lipinski definition) is 2. The maximum atomic E-state index is 13.9. The first-order chi connectivity index (χ1) is 10.1. The number of rotatable bonds is 2. The first kappa shape index (κ1) is 14.0. The van der Waals surface area contributed by atoms with Gasteiger partial charge in [0.25, 0.3) is 5.91 Å². The molecule has 2 N–H and O–H groups in total. The third kappa shape index (κ3) is 2.64. The van der Waals surface area contributed by atoms with Gasteiger partial charge >= 0.3 is 0 Å². The van der Waals surface area contributed by atoms with Crippen molar-refractivity contribution in [2.45, 2.75) is 12.5 Å². The van der Waals surface area contributed by atoms with E-state index >= 15 is 0 Å². The lowest BCUT2D eigenvalue weighted by atomic mass is 9.93. The van der Waals surface area contributed by atoms with E-state index in [2.05, 4.69) is 5.32 Å². The number of fused-ring (bicyclic) bond motifs is 1. The van der Waals surface area contributed by atoms with Gasteiger partial charge in [-0.25, -0.2) is 4.39 Å². The van der Waals surface area contributed by atoms with Gasteiger partial charge < -0.3 is 10.4 Å². The summed E-state index contributed by atoms with van der Waals surface area (Å²) in [7, 11) is 0. The first-order valence-corrected chi connectivity index (χ1v) is 6.98. The molecule has 1 amide bonds. The van der Waals surface area contributed by atoms with E-state index in [0.717, 1.165) is 18.1 Å². The highest BCUT2D eigenvalue weighted by Gasteiger charge is 2.21. The van der Waals surface area contributed by atoms with Gasteiger partial charge in [0.1, 0.15) is 11.9 Å². The van der Waals surface area contributed by atoms with E-state index in [1.165, 1.54) is 12.1 Å². The Morgan fingerprint density at radius 2 is 2.05 bits per heavy atom. The van der Waals surface area contributed by atoms with Crippen LogP contribution in [0.15, 0.2) is 36.4 Å². The Bertz CT molecular complexity index is 717. The SMILES string of the molecule is O=C1NCCc2ccc(C(O)c3ccc(Cl)cc3F)cc21. The lowest BCUT2D eigenvalue weighted by Crippen LogP contribution is -2.31. The Hall–Kier alpha value is -1.91. The molecule has 1 unspecified atom stereocenters. The van der Waals surface area contributed by atoms with Crippen LogP contribution in [0.4, 0.5) is 4.39 Å². The van der Waals surface area contributed by atoms with Crippen LogP contribution < -0.4 is 5.32 Å². The summed E-state index contributed by atoms with van der Waals surface area (Å²) in [5.74, 6) is -0.737. The van der Waals surface area contributed by atoms with Gasteiger partial charge in [0, 0.05) is 22.7 Å². The second-order valence-corrected chi connectivity index (χ2v) is 5.43. The molecule has 1 atom stereocenters. The number of carbonyl (C=O) groups is 1. The van der Waals surface area contributed by atoms with E-state index in [0.29, 0.717) is 17.7 Å². The summed E-state index contributed by atoms with van der Waals surface area (Å²) in [5.41, 5.74) is 2.08. The largest absolute Gasteiger partial charge is 0.384 e. The number of amides is 1. The van der Waals surface area contributed by atoms with Crippen LogP contribution in [0.5, 0.6) is 0 Å². The van der Waals surface area contributed by atoms with Crippen molar-refractivity contribution in [2.75, 3.05) is 6.54 Å². The van der Waals surface area contributed by atoms with Crippen molar-refractivity contribution in [3.63, 3.8) is 0 Å². The minimum absolute atomic E-state index is 0.135. The zero-order valence-electron chi connectivity index (χ0n) is 11.1. The molecule has 0 saturated carbocycles. The fraction of sp³-hybridized carbons (Fsp3) is 0.188. The molecule has 0 spiro atoms. The van der Waals surface area contributed by atoms with Crippen LogP contribution in [0.2, 0.25) is 5.02 Å². The molecule has 2 aromatic carbocycles. The number of benzene rings is 2. The monoisotopic (exact) mass is 305 g/mol. The van der Waals surface area contributed by atoms with Crippen LogP contribution in [0, 0.1) is 5.82 Å². The molecule has 0 aromatic heterocycles. The Morgan fingerprint density at radius 1 is 1.24 bits per heavy atom. The van der Waals surface area contributed by atoms with E-state index in [1.807, 2.05) is 0 Å². The first-order valence-electron chi connectivity index (χ1n) is 6.60. The Morgan fingerprint density at radius 3 is 2.81 bits per heavy atom. The number of hydrogen-bond acceptors (Lipinski definition) is 2. The van der Waals surface area contributed by atoms with Crippen molar-refractivity contribution in [3.05, 3.63) is 69.5 Å². The van der Waals surface area contributed by atoms with E-state index in [1.54, 1.807) is 18.2 Å². The van der Waals surface area contributed by atoms with Crippen molar-refractivity contribution >= 4 is 17.5 Å². The van der Waals surface area contributed by atoms with E-state index in [4.69, 9.17) is 11.6 Å². The molecule has 3 rings (SSSR count). The predicted octanol–water partition coefficient (Wildman–Crippen LogP) is 2.85. The summed E-state index contributed by atoms with van der Waals surface area (Å²) in [6, 6.07) is 9.26. The zero-order chi connectivity index (χ0) is 15.0. The van der Waals surface area contributed by atoms with Crippen molar-refractivity contribution < 1.29 is 14.3 Å². The minimum Gasteiger partial charge on any atom is -0.384 e. The Labute approximate surface area is 126 Å². The fourth-order valence-corrected chi connectivity index (χ4v) is 2.66. The van der Waals surface area contributed by atoms with Gasteiger partial charge in [0.15, 0.2) is 0 Å². The molecule has 21 heavy (non-hydrogen) atoms. The van der Waals surface area contributed by atoms with Gasteiger partial charge in [-0.3, -0.25) is 4.79 Å². The van der Waals surface area contributed by atoms with Gasteiger partial charge in [-0.2, -0.15) is 0 Å². The molecule has 3 nitrogen and oxygen atoms in total. The van der Waals surface area contributed by atoms with Crippen molar-refractivity contribution in [1.29, 1.82) is 0 Å². The minimum atomic E-state index is -1.14. The van der Waals surface area contributed by atoms with Gasteiger partial charge in [0.05, 0.1) is 0 Å². The second kappa shape index (κ2) is 5.47. The summed E-state index contributed by atoms with van der Waals surface area (Å²) in [6.45, 7) is 0.611. The molecule has 1 heterocycles. The molecule has 0 aliphatic carbocycles. The number of aliphatic hydroxyl groups excluding tert-OH is 1. The highest BCUT2D eigenvalue weighted by atomic mass is 35.5. The molecular formula is C16H13ClFNO2. The number of carbonyl (C=O) groups excluding carboxylic acids is 1. The Kier molecular flexibility index (Phi) is 3.66. The average Bonchev–Trinajstić information content (AvgIpc) is 2.47. The smallest absolute Gasteiger partial charge is 0.251 e. The van der Waals surface area contributed by atoms with Crippen LogP contribution in [0.3, 0.4) is 0 Å². The van der Waals surface area contributed by atoms with Gasteiger partial charge in [-0.05, 0) is 35.7 Å². The molecule has 108 valence electrons. The summed E-state index contributed by atoms with van der Waals surface area (Å²) >= 11 is 5.71. The standard InChI is InChI=1S/C16H13ClFNO2/c17-11-3-4-12(14(18)8-11)15(20)10-2-1-9-5-6-19-16(21)13(9)7-10/h1-4,7-8,15,20H,5-6H2,(H,19,21). The number of aliphatic hydroxyl groups is 1. The normalized spacial score (nSPS) is 15.3. The van der Waals surface area contributed by atoms with Crippen LogP contribution in [0.1, 0.15) is 33.2 Å². The maximum absolute atomic E-state index is 13.9. The summed E-state index contributed by atoms with van der Waals surface area (Å²) in [5, 5.41) is 13.4. The highest BCUT2D eigenvalue weighted by molar-refractivity contribution is 6.30. The molecule has 0 radical (unpaired) electrons. The van der Waals surface area contributed by atoms with E-state index < -0.39 is 11.9 Å². The third-order valence-electron chi connectivity index (χ3n) is 3.63.